The third kappa shape index (κ3) is 2.41. The molecule has 1 aromatic carbocycles. The molecule has 0 saturated heterocycles. The van der Waals surface area contributed by atoms with Crippen LogP contribution in [0.15, 0.2) is 42.6 Å². The van der Waals surface area contributed by atoms with Crippen molar-refractivity contribution >= 4 is 17.2 Å². The second-order valence-corrected chi connectivity index (χ2v) is 3.44. The Hall–Kier alpha value is -2.94. The van der Waals surface area contributed by atoms with Crippen LogP contribution < -0.4 is 5.32 Å². The van der Waals surface area contributed by atoms with Gasteiger partial charge in [0, 0.05) is 18.0 Å². The van der Waals surface area contributed by atoms with Crippen LogP contribution in [0.2, 0.25) is 0 Å². The summed E-state index contributed by atoms with van der Waals surface area (Å²) in [7, 11) is 0. The van der Waals surface area contributed by atoms with Gasteiger partial charge in [-0.1, -0.05) is 0 Å². The third-order valence-corrected chi connectivity index (χ3v) is 2.26. The van der Waals surface area contributed by atoms with Crippen LogP contribution in [0.1, 0.15) is 5.56 Å². The van der Waals surface area contributed by atoms with Crippen molar-refractivity contribution in [1.82, 2.24) is 4.98 Å². The standard InChI is InChI=1S/C12H8N4O2/c13-8-9-3-5-10(6-4-9)15-12-11(16(17)18)2-1-7-14-12/h1-7H,(H,14,15). The van der Waals surface area contributed by atoms with Crippen molar-refractivity contribution < 1.29 is 4.92 Å². The zero-order valence-electron chi connectivity index (χ0n) is 9.20. The Bertz CT molecular complexity index is 617. The number of hydrogen-bond acceptors (Lipinski definition) is 5. The Morgan fingerprint density at radius 2 is 2.00 bits per heavy atom. The van der Waals surface area contributed by atoms with Crippen LogP contribution in [-0.4, -0.2) is 9.91 Å². The zero-order valence-corrected chi connectivity index (χ0v) is 9.20. The molecule has 1 aromatic heterocycles. The van der Waals surface area contributed by atoms with Crippen LogP contribution in [0.25, 0.3) is 0 Å². The monoisotopic (exact) mass is 240 g/mol. The molecule has 2 aromatic rings. The van der Waals surface area contributed by atoms with Crippen molar-refractivity contribution in [2.45, 2.75) is 0 Å². The van der Waals surface area contributed by atoms with Crippen LogP contribution in [-0.2, 0) is 0 Å². The van der Waals surface area contributed by atoms with Crippen molar-refractivity contribution in [2.75, 3.05) is 5.32 Å². The van der Waals surface area contributed by atoms with Crippen molar-refractivity contribution in [3.05, 3.63) is 58.3 Å². The quantitative estimate of drug-likeness (QED) is 0.657. The summed E-state index contributed by atoms with van der Waals surface area (Å²) in [6.07, 6.45) is 1.47. The van der Waals surface area contributed by atoms with E-state index in [-0.39, 0.29) is 11.5 Å². The maximum absolute atomic E-state index is 10.8. The predicted molar refractivity (Wildman–Crippen MR) is 65.3 cm³/mol. The van der Waals surface area contributed by atoms with Crippen LogP contribution in [0.5, 0.6) is 0 Å². The van der Waals surface area contributed by atoms with Gasteiger partial charge < -0.3 is 5.32 Å². The number of hydrogen-bond donors (Lipinski definition) is 1. The Balaban J connectivity index is 2.28. The highest BCUT2D eigenvalue weighted by Gasteiger charge is 2.13. The molecule has 0 aliphatic heterocycles. The minimum absolute atomic E-state index is 0.0955. The van der Waals surface area contributed by atoms with Gasteiger partial charge in [0.15, 0.2) is 0 Å². The Labute approximate surface area is 103 Å². The van der Waals surface area contributed by atoms with Gasteiger partial charge in [0.25, 0.3) is 0 Å². The molecule has 0 unspecified atom stereocenters. The van der Waals surface area contributed by atoms with Gasteiger partial charge in [-0.05, 0) is 30.3 Å². The molecule has 0 aliphatic rings. The van der Waals surface area contributed by atoms with Gasteiger partial charge in [0.2, 0.25) is 5.82 Å². The topological polar surface area (TPSA) is 91.8 Å². The van der Waals surface area contributed by atoms with E-state index in [1.807, 2.05) is 6.07 Å². The number of nitrogens with zero attached hydrogens (tertiary/aromatic N) is 3. The minimum atomic E-state index is -0.501. The highest BCUT2D eigenvalue weighted by atomic mass is 16.6. The summed E-state index contributed by atoms with van der Waals surface area (Å²) in [4.78, 5) is 14.2. The molecule has 1 N–H and O–H groups in total. The smallest absolute Gasteiger partial charge is 0.311 e. The van der Waals surface area contributed by atoms with E-state index in [0.29, 0.717) is 11.3 Å². The average molecular weight is 240 g/mol. The Kier molecular flexibility index (Phi) is 3.16. The summed E-state index contributed by atoms with van der Waals surface area (Å²) in [6.45, 7) is 0. The molecule has 6 heteroatoms. The number of nitrogens with one attached hydrogen (secondary N) is 1. The lowest BCUT2D eigenvalue weighted by molar-refractivity contribution is -0.384. The van der Waals surface area contributed by atoms with E-state index in [1.54, 1.807) is 24.3 Å². The fourth-order valence-corrected chi connectivity index (χ4v) is 1.41. The lowest BCUT2D eigenvalue weighted by Gasteiger charge is -2.05. The summed E-state index contributed by atoms with van der Waals surface area (Å²) in [5.41, 5.74) is 1.06. The van der Waals surface area contributed by atoms with Gasteiger partial charge in [-0.3, -0.25) is 10.1 Å². The molecule has 0 bridgehead atoms. The van der Waals surface area contributed by atoms with Crippen molar-refractivity contribution in [3.63, 3.8) is 0 Å². The first kappa shape index (κ1) is 11.5. The fourth-order valence-electron chi connectivity index (χ4n) is 1.41. The first-order chi connectivity index (χ1) is 8.70. The molecule has 18 heavy (non-hydrogen) atoms. The number of benzene rings is 1. The van der Waals surface area contributed by atoms with Crippen LogP contribution in [0.4, 0.5) is 17.2 Å². The highest BCUT2D eigenvalue weighted by Crippen LogP contribution is 2.24. The lowest BCUT2D eigenvalue weighted by atomic mass is 10.2. The molecule has 0 atom stereocenters. The second kappa shape index (κ2) is 4.93. The molecule has 0 amide bonds. The maximum Gasteiger partial charge on any atom is 0.311 e. The fraction of sp³-hybridized carbons (Fsp3) is 0. The minimum Gasteiger partial charge on any atom is -0.334 e. The molecule has 2 rings (SSSR count). The van der Waals surface area contributed by atoms with Gasteiger partial charge >= 0.3 is 5.69 Å². The van der Waals surface area contributed by atoms with Crippen molar-refractivity contribution in [3.8, 4) is 6.07 Å². The van der Waals surface area contributed by atoms with E-state index >= 15 is 0 Å². The van der Waals surface area contributed by atoms with E-state index < -0.39 is 4.92 Å². The van der Waals surface area contributed by atoms with E-state index in [9.17, 15) is 10.1 Å². The molecular formula is C12H8N4O2. The SMILES string of the molecule is N#Cc1ccc(Nc2ncccc2[N+](=O)[O-])cc1. The van der Waals surface area contributed by atoms with Crippen molar-refractivity contribution in [2.24, 2.45) is 0 Å². The van der Waals surface area contributed by atoms with E-state index in [2.05, 4.69) is 10.3 Å². The second-order valence-electron chi connectivity index (χ2n) is 3.44. The molecule has 6 nitrogen and oxygen atoms in total. The lowest BCUT2D eigenvalue weighted by Crippen LogP contribution is -1.99. The van der Waals surface area contributed by atoms with Gasteiger partial charge in [0.05, 0.1) is 16.6 Å². The Morgan fingerprint density at radius 1 is 1.28 bits per heavy atom. The van der Waals surface area contributed by atoms with Crippen LogP contribution >= 0.6 is 0 Å². The average Bonchev–Trinajstić information content (AvgIpc) is 2.40. The Morgan fingerprint density at radius 3 is 2.61 bits per heavy atom. The molecule has 0 fully saturated rings. The summed E-state index contributed by atoms with van der Waals surface area (Å²) in [5.74, 6) is 0.173. The van der Waals surface area contributed by atoms with E-state index in [0.717, 1.165) is 0 Å². The largest absolute Gasteiger partial charge is 0.334 e. The number of anilines is 2. The third-order valence-electron chi connectivity index (χ3n) is 2.26. The number of rotatable bonds is 3. The van der Waals surface area contributed by atoms with Crippen LogP contribution in [0.3, 0.4) is 0 Å². The molecule has 88 valence electrons. The normalized spacial score (nSPS) is 9.50. The molecule has 0 saturated carbocycles. The van der Waals surface area contributed by atoms with Gasteiger partial charge in [-0.2, -0.15) is 5.26 Å². The molecule has 0 spiro atoms. The number of pyridine rings is 1. The number of nitriles is 1. The van der Waals surface area contributed by atoms with Gasteiger partial charge in [-0.25, -0.2) is 4.98 Å². The summed E-state index contributed by atoms with van der Waals surface area (Å²) in [6, 6.07) is 11.4. The molecule has 1 heterocycles. The maximum atomic E-state index is 10.8. The summed E-state index contributed by atoms with van der Waals surface area (Å²) in [5, 5.41) is 22.3. The number of nitro groups is 1. The van der Waals surface area contributed by atoms with Crippen molar-refractivity contribution in [1.29, 1.82) is 5.26 Å². The van der Waals surface area contributed by atoms with Crippen LogP contribution in [0, 0.1) is 21.4 Å². The van der Waals surface area contributed by atoms with Gasteiger partial charge in [-0.15, -0.1) is 0 Å². The van der Waals surface area contributed by atoms with E-state index in [4.69, 9.17) is 5.26 Å². The zero-order chi connectivity index (χ0) is 13.0. The first-order valence-electron chi connectivity index (χ1n) is 5.07. The summed E-state index contributed by atoms with van der Waals surface area (Å²) >= 11 is 0. The first-order valence-corrected chi connectivity index (χ1v) is 5.07. The van der Waals surface area contributed by atoms with E-state index in [1.165, 1.54) is 18.3 Å². The molecule has 0 aliphatic carbocycles. The highest BCUT2D eigenvalue weighted by molar-refractivity contribution is 5.65. The molecule has 0 radical (unpaired) electrons. The molecular weight excluding hydrogens is 232 g/mol. The predicted octanol–water partition coefficient (Wildman–Crippen LogP) is 2.61. The number of aromatic nitrogens is 1. The van der Waals surface area contributed by atoms with Gasteiger partial charge in [0.1, 0.15) is 0 Å². The summed E-state index contributed by atoms with van der Waals surface area (Å²) < 4.78 is 0.